The van der Waals surface area contributed by atoms with Crippen molar-refractivity contribution in [1.82, 2.24) is 10.2 Å². The highest BCUT2D eigenvalue weighted by molar-refractivity contribution is 5.59. The summed E-state index contributed by atoms with van der Waals surface area (Å²) in [4.78, 5) is 0. The van der Waals surface area contributed by atoms with Gasteiger partial charge in [-0.3, -0.25) is 0 Å². The van der Waals surface area contributed by atoms with Gasteiger partial charge in [0.05, 0.1) is 18.0 Å². The van der Waals surface area contributed by atoms with Gasteiger partial charge >= 0.3 is 0 Å². The van der Waals surface area contributed by atoms with Gasteiger partial charge in [0.15, 0.2) is 11.6 Å². The van der Waals surface area contributed by atoms with E-state index in [0.717, 1.165) is 35.9 Å². The molecule has 0 radical (unpaired) electrons. The van der Waals surface area contributed by atoms with Crippen LogP contribution in [0.3, 0.4) is 0 Å². The van der Waals surface area contributed by atoms with Gasteiger partial charge in [-0.1, -0.05) is 78.1 Å². The molecule has 1 aromatic carbocycles. The van der Waals surface area contributed by atoms with Gasteiger partial charge in [0.1, 0.15) is 0 Å². The van der Waals surface area contributed by atoms with E-state index >= 15 is 0 Å². The lowest BCUT2D eigenvalue weighted by Crippen LogP contribution is -2.15. The van der Waals surface area contributed by atoms with Crippen molar-refractivity contribution in [2.24, 2.45) is 11.8 Å². The molecule has 176 valence electrons. The summed E-state index contributed by atoms with van der Waals surface area (Å²) in [5.41, 5.74) is 2.47. The van der Waals surface area contributed by atoms with Crippen molar-refractivity contribution in [3.63, 3.8) is 0 Å². The summed E-state index contributed by atoms with van der Waals surface area (Å²) in [6.45, 7) is 4.81. The van der Waals surface area contributed by atoms with Gasteiger partial charge in [-0.25, -0.2) is 4.39 Å². The Morgan fingerprint density at radius 1 is 0.844 bits per heavy atom. The lowest BCUT2D eigenvalue weighted by atomic mass is 9.78. The standard InChI is InChI=1S/C28H41FN2O/c1-3-5-6-7-8-9-22-10-12-23(13-11-22)14-16-25-17-18-27(31-30-25)24-15-19-28(26(29)21-24)32-20-4-2/h15,17-19,21-23H,3-14,16,20H2,1-2H3. The van der Waals surface area contributed by atoms with Crippen LogP contribution in [-0.2, 0) is 6.42 Å². The van der Waals surface area contributed by atoms with Crippen molar-refractivity contribution in [2.45, 2.75) is 97.3 Å². The van der Waals surface area contributed by atoms with Crippen LogP contribution in [-0.4, -0.2) is 16.8 Å². The summed E-state index contributed by atoms with van der Waals surface area (Å²) in [7, 11) is 0. The summed E-state index contributed by atoms with van der Waals surface area (Å²) in [6.07, 6.45) is 17.0. The normalized spacial score (nSPS) is 18.6. The smallest absolute Gasteiger partial charge is 0.165 e. The zero-order valence-electron chi connectivity index (χ0n) is 20.1. The Bertz CT molecular complexity index is 785. The second-order valence-electron chi connectivity index (χ2n) is 9.53. The Balaban J connectivity index is 1.40. The molecule has 0 atom stereocenters. The van der Waals surface area contributed by atoms with E-state index in [1.165, 1.54) is 76.7 Å². The number of hydrogen-bond donors (Lipinski definition) is 0. The Labute approximate surface area is 194 Å². The molecule has 0 bridgehead atoms. The molecular weight excluding hydrogens is 399 g/mol. The molecule has 1 saturated carbocycles. The van der Waals surface area contributed by atoms with Gasteiger partial charge in [0.2, 0.25) is 0 Å². The Morgan fingerprint density at radius 3 is 2.25 bits per heavy atom. The maximum Gasteiger partial charge on any atom is 0.165 e. The van der Waals surface area contributed by atoms with E-state index < -0.39 is 0 Å². The summed E-state index contributed by atoms with van der Waals surface area (Å²) in [5.74, 6) is 1.74. The fraction of sp³-hybridized carbons (Fsp3) is 0.643. The zero-order chi connectivity index (χ0) is 22.6. The molecule has 2 aromatic rings. The number of aryl methyl sites for hydroxylation is 1. The van der Waals surface area contributed by atoms with E-state index in [0.29, 0.717) is 18.1 Å². The van der Waals surface area contributed by atoms with Crippen molar-refractivity contribution < 1.29 is 9.13 Å². The van der Waals surface area contributed by atoms with Crippen LogP contribution in [0.1, 0.15) is 96.6 Å². The predicted molar refractivity (Wildman–Crippen MR) is 130 cm³/mol. The van der Waals surface area contributed by atoms with Crippen molar-refractivity contribution >= 4 is 0 Å². The van der Waals surface area contributed by atoms with E-state index in [1.54, 1.807) is 6.07 Å². The van der Waals surface area contributed by atoms with Gasteiger partial charge in [0, 0.05) is 5.56 Å². The fourth-order valence-electron chi connectivity index (χ4n) is 4.83. The SMILES string of the molecule is CCCCCCCC1CCC(CCc2ccc(-c3ccc(OCCC)c(F)c3)nn2)CC1. The first-order valence-electron chi connectivity index (χ1n) is 12.9. The third-order valence-electron chi connectivity index (χ3n) is 6.90. The number of rotatable bonds is 13. The van der Waals surface area contributed by atoms with E-state index in [1.807, 2.05) is 25.1 Å². The van der Waals surface area contributed by atoms with Crippen molar-refractivity contribution in [2.75, 3.05) is 6.61 Å². The van der Waals surface area contributed by atoms with Crippen LogP contribution in [0.5, 0.6) is 5.75 Å². The van der Waals surface area contributed by atoms with Crippen molar-refractivity contribution in [1.29, 1.82) is 0 Å². The average Bonchev–Trinajstić information content (AvgIpc) is 2.83. The number of benzene rings is 1. The molecule has 0 saturated heterocycles. The molecule has 1 aliphatic carbocycles. The van der Waals surface area contributed by atoms with E-state index in [2.05, 4.69) is 17.1 Å². The summed E-state index contributed by atoms with van der Waals surface area (Å²) in [5, 5.41) is 8.77. The van der Waals surface area contributed by atoms with Gasteiger partial charge in [-0.15, -0.1) is 0 Å². The quantitative estimate of drug-likeness (QED) is 0.295. The third-order valence-corrected chi connectivity index (χ3v) is 6.90. The number of halogens is 1. The van der Waals surface area contributed by atoms with Gasteiger partial charge < -0.3 is 4.74 Å². The summed E-state index contributed by atoms with van der Waals surface area (Å²) < 4.78 is 19.7. The Morgan fingerprint density at radius 2 is 1.59 bits per heavy atom. The summed E-state index contributed by atoms with van der Waals surface area (Å²) >= 11 is 0. The predicted octanol–water partition coefficient (Wildman–Crippen LogP) is 8.17. The molecular formula is C28H41FN2O. The minimum Gasteiger partial charge on any atom is -0.491 e. The van der Waals surface area contributed by atoms with Crippen LogP contribution in [0, 0.1) is 17.7 Å². The molecule has 1 fully saturated rings. The van der Waals surface area contributed by atoms with Crippen LogP contribution in [0.25, 0.3) is 11.3 Å². The molecule has 1 heterocycles. The molecule has 0 spiro atoms. The van der Waals surface area contributed by atoms with Crippen molar-refractivity contribution in [3.05, 3.63) is 41.8 Å². The molecule has 3 rings (SSSR count). The fourth-order valence-corrected chi connectivity index (χ4v) is 4.83. The minimum atomic E-state index is -0.349. The molecule has 32 heavy (non-hydrogen) atoms. The number of ether oxygens (including phenoxy) is 1. The lowest BCUT2D eigenvalue weighted by molar-refractivity contribution is 0.248. The molecule has 0 amide bonds. The number of nitrogens with zero attached hydrogens (tertiary/aromatic N) is 2. The molecule has 1 aliphatic rings. The van der Waals surface area contributed by atoms with E-state index in [-0.39, 0.29) is 5.82 Å². The van der Waals surface area contributed by atoms with Gasteiger partial charge in [-0.05, 0) is 61.4 Å². The van der Waals surface area contributed by atoms with Crippen LogP contribution in [0.4, 0.5) is 4.39 Å². The Hall–Kier alpha value is -1.97. The van der Waals surface area contributed by atoms with E-state index in [4.69, 9.17) is 4.74 Å². The second-order valence-corrected chi connectivity index (χ2v) is 9.53. The average molecular weight is 441 g/mol. The highest BCUT2D eigenvalue weighted by Crippen LogP contribution is 2.34. The first kappa shape index (κ1) is 24.7. The third kappa shape index (κ3) is 7.86. The van der Waals surface area contributed by atoms with E-state index in [9.17, 15) is 4.39 Å². The maximum atomic E-state index is 14.2. The molecule has 1 aromatic heterocycles. The summed E-state index contributed by atoms with van der Waals surface area (Å²) in [6, 6.07) is 9.01. The highest BCUT2D eigenvalue weighted by Gasteiger charge is 2.21. The number of hydrogen-bond acceptors (Lipinski definition) is 3. The topological polar surface area (TPSA) is 35.0 Å². The van der Waals surface area contributed by atoms with Crippen LogP contribution >= 0.6 is 0 Å². The van der Waals surface area contributed by atoms with Gasteiger partial charge in [-0.2, -0.15) is 10.2 Å². The zero-order valence-corrected chi connectivity index (χ0v) is 20.1. The highest BCUT2D eigenvalue weighted by atomic mass is 19.1. The van der Waals surface area contributed by atoms with Gasteiger partial charge in [0.25, 0.3) is 0 Å². The van der Waals surface area contributed by atoms with Crippen molar-refractivity contribution in [3.8, 4) is 17.0 Å². The molecule has 0 N–H and O–H groups in total. The molecule has 0 aliphatic heterocycles. The monoisotopic (exact) mass is 440 g/mol. The minimum absolute atomic E-state index is 0.298. The number of aromatic nitrogens is 2. The largest absolute Gasteiger partial charge is 0.491 e. The molecule has 0 unspecified atom stereocenters. The molecule has 3 nitrogen and oxygen atoms in total. The van der Waals surface area contributed by atoms with Crippen LogP contribution in [0.15, 0.2) is 30.3 Å². The second kappa shape index (κ2) is 13.5. The first-order valence-corrected chi connectivity index (χ1v) is 12.9. The maximum absolute atomic E-state index is 14.2. The number of unbranched alkanes of at least 4 members (excludes halogenated alkanes) is 4. The van der Waals surface area contributed by atoms with Crippen LogP contribution in [0.2, 0.25) is 0 Å². The first-order chi connectivity index (χ1) is 15.7. The molecule has 4 heteroatoms. The Kier molecular flexibility index (Phi) is 10.4. The van der Waals surface area contributed by atoms with Crippen LogP contribution < -0.4 is 4.74 Å². The lowest BCUT2D eigenvalue weighted by Gasteiger charge is -2.28.